The zero-order valence-corrected chi connectivity index (χ0v) is 12.1. The van der Waals surface area contributed by atoms with Crippen molar-refractivity contribution >= 4 is 39.1 Å². The normalized spacial score (nSPS) is 10.9. The van der Waals surface area contributed by atoms with Crippen LogP contribution in [0, 0.1) is 6.92 Å². The molecule has 0 saturated heterocycles. The van der Waals surface area contributed by atoms with E-state index in [4.69, 9.17) is 11.6 Å². The predicted octanol–water partition coefficient (Wildman–Crippen LogP) is 3.29. The number of carbonyl (C=O) groups excluding carboxylic acids is 1. The highest BCUT2D eigenvalue weighted by molar-refractivity contribution is 7.21. The van der Waals surface area contributed by atoms with Gasteiger partial charge in [-0.25, -0.2) is 4.98 Å². The number of thiazole rings is 1. The van der Waals surface area contributed by atoms with E-state index in [1.54, 1.807) is 6.07 Å². The maximum atomic E-state index is 11.0. The van der Waals surface area contributed by atoms with Gasteiger partial charge in [-0.2, -0.15) is 0 Å². The summed E-state index contributed by atoms with van der Waals surface area (Å²) in [7, 11) is 0. The van der Waals surface area contributed by atoms with Gasteiger partial charge in [0.1, 0.15) is 5.01 Å². The standard InChI is InChI=1S/C15H10ClNO2S/c1-8-2-4-9(5-3-8)14-17-12-6-10(15(18)19)11(16)7-13(12)20-14/h2-7H,1H3,(H,18,19)/p-1. The minimum absolute atomic E-state index is 0.0278. The van der Waals surface area contributed by atoms with Gasteiger partial charge in [0.05, 0.1) is 21.2 Å². The molecule has 1 heterocycles. The molecule has 1 aromatic heterocycles. The zero-order chi connectivity index (χ0) is 14.3. The number of carboxylic acids is 1. The first-order chi connectivity index (χ1) is 9.54. The van der Waals surface area contributed by atoms with E-state index in [9.17, 15) is 9.90 Å². The fourth-order valence-electron chi connectivity index (χ4n) is 1.93. The van der Waals surface area contributed by atoms with Gasteiger partial charge in [-0.15, -0.1) is 11.3 Å². The number of aromatic carboxylic acids is 1. The molecule has 0 fully saturated rings. The van der Waals surface area contributed by atoms with E-state index in [1.165, 1.54) is 23.0 Å². The van der Waals surface area contributed by atoms with Gasteiger partial charge in [0, 0.05) is 11.1 Å². The fraction of sp³-hybridized carbons (Fsp3) is 0.0667. The second-order valence-corrected chi connectivity index (χ2v) is 5.91. The molecule has 20 heavy (non-hydrogen) atoms. The SMILES string of the molecule is Cc1ccc(-c2nc3cc(C(=O)[O-])c(Cl)cc3s2)cc1. The van der Waals surface area contributed by atoms with Gasteiger partial charge in [-0.3, -0.25) is 0 Å². The Balaban J connectivity index is 2.15. The lowest BCUT2D eigenvalue weighted by atomic mass is 10.1. The summed E-state index contributed by atoms with van der Waals surface area (Å²) in [5, 5.41) is 12.0. The van der Waals surface area contributed by atoms with Crippen molar-refractivity contribution in [2.24, 2.45) is 0 Å². The zero-order valence-electron chi connectivity index (χ0n) is 10.5. The number of hydrogen-bond acceptors (Lipinski definition) is 4. The van der Waals surface area contributed by atoms with Crippen molar-refractivity contribution in [3.05, 3.63) is 52.5 Å². The lowest BCUT2D eigenvalue weighted by molar-refractivity contribution is -0.255. The lowest BCUT2D eigenvalue weighted by Gasteiger charge is -2.03. The molecule has 0 aliphatic heterocycles. The Hall–Kier alpha value is -1.91. The second-order valence-electron chi connectivity index (χ2n) is 4.47. The highest BCUT2D eigenvalue weighted by Gasteiger charge is 2.10. The summed E-state index contributed by atoms with van der Waals surface area (Å²) >= 11 is 7.41. The largest absolute Gasteiger partial charge is 0.545 e. The van der Waals surface area contributed by atoms with Crippen molar-refractivity contribution in [2.45, 2.75) is 6.92 Å². The number of fused-ring (bicyclic) bond motifs is 1. The summed E-state index contributed by atoms with van der Waals surface area (Å²) in [5.74, 6) is -1.29. The van der Waals surface area contributed by atoms with Crippen LogP contribution in [0.15, 0.2) is 36.4 Å². The second kappa shape index (κ2) is 4.89. The molecule has 5 heteroatoms. The van der Waals surface area contributed by atoms with Crippen molar-refractivity contribution in [3.8, 4) is 10.6 Å². The molecule has 0 radical (unpaired) electrons. The van der Waals surface area contributed by atoms with Crippen molar-refractivity contribution in [1.29, 1.82) is 0 Å². The number of aromatic nitrogens is 1. The van der Waals surface area contributed by atoms with Gasteiger partial charge < -0.3 is 9.90 Å². The Bertz CT molecular complexity index is 809. The summed E-state index contributed by atoms with van der Waals surface area (Å²) < 4.78 is 0.857. The van der Waals surface area contributed by atoms with Gasteiger partial charge in [-0.05, 0) is 19.1 Å². The average molecular weight is 303 g/mol. The van der Waals surface area contributed by atoms with Crippen LogP contribution in [0.2, 0.25) is 5.02 Å². The van der Waals surface area contributed by atoms with E-state index in [2.05, 4.69) is 4.98 Å². The molecule has 0 N–H and O–H groups in total. The topological polar surface area (TPSA) is 53.0 Å². The monoisotopic (exact) mass is 302 g/mol. The van der Waals surface area contributed by atoms with Gasteiger partial charge in [0.2, 0.25) is 0 Å². The Labute approximate surface area is 124 Å². The first-order valence-electron chi connectivity index (χ1n) is 5.93. The first-order valence-corrected chi connectivity index (χ1v) is 7.12. The molecular formula is C15H9ClNO2S-. The lowest BCUT2D eigenvalue weighted by Crippen LogP contribution is -2.22. The first kappa shape index (κ1) is 13.1. The molecule has 0 aliphatic rings. The Kier molecular flexibility index (Phi) is 3.20. The summed E-state index contributed by atoms with van der Waals surface area (Å²) in [5.41, 5.74) is 2.77. The molecule has 0 bridgehead atoms. The van der Waals surface area contributed by atoms with Crippen LogP contribution in [0.5, 0.6) is 0 Å². The van der Waals surface area contributed by atoms with Crippen LogP contribution < -0.4 is 5.11 Å². The van der Waals surface area contributed by atoms with E-state index in [1.807, 2.05) is 31.2 Å². The molecule has 0 unspecified atom stereocenters. The molecule has 0 atom stereocenters. The number of nitrogens with zero attached hydrogens (tertiary/aromatic N) is 1. The van der Waals surface area contributed by atoms with Crippen LogP contribution in [0.4, 0.5) is 0 Å². The van der Waals surface area contributed by atoms with Gasteiger partial charge in [0.15, 0.2) is 0 Å². The van der Waals surface area contributed by atoms with E-state index >= 15 is 0 Å². The minimum atomic E-state index is -1.29. The van der Waals surface area contributed by atoms with Gasteiger partial charge in [-0.1, -0.05) is 41.4 Å². The van der Waals surface area contributed by atoms with Crippen LogP contribution in [-0.4, -0.2) is 11.0 Å². The molecule has 0 aliphatic carbocycles. The molecular weight excluding hydrogens is 294 g/mol. The number of carboxylic acid groups (broad SMARTS) is 1. The van der Waals surface area contributed by atoms with Crippen LogP contribution in [0.1, 0.15) is 15.9 Å². The molecule has 3 aromatic rings. The number of hydrogen-bond donors (Lipinski definition) is 0. The van der Waals surface area contributed by atoms with Crippen molar-refractivity contribution < 1.29 is 9.90 Å². The van der Waals surface area contributed by atoms with Crippen LogP contribution in [-0.2, 0) is 0 Å². The molecule has 0 amide bonds. The molecule has 3 rings (SSSR count). The van der Waals surface area contributed by atoms with Gasteiger partial charge in [0.25, 0.3) is 0 Å². The number of benzene rings is 2. The van der Waals surface area contributed by atoms with E-state index in [0.717, 1.165) is 15.3 Å². The third-order valence-corrected chi connectivity index (χ3v) is 4.38. The van der Waals surface area contributed by atoms with Crippen LogP contribution in [0.3, 0.4) is 0 Å². The summed E-state index contributed by atoms with van der Waals surface area (Å²) in [4.78, 5) is 15.4. The predicted molar refractivity (Wildman–Crippen MR) is 79.1 cm³/mol. The summed E-state index contributed by atoms with van der Waals surface area (Å²) in [6.07, 6.45) is 0. The Morgan fingerprint density at radius 2 is 1.95 bits per heavy atom. The van der Waals surface area contributed by atoms with Crippen LogP contribution >= 0.6 is 22.9 Å². The number of aryl methyl sites for hydroxylation is 1. The highest BCUT2D eigenvalue weighted by Crippen LogP contribution is 2.33. The minimum Gasteiger partial charge on any atom is -0.545 e. The number of carbonyl (C=O) groups is 1. The molecule has 3 nitrogen and oxygen atoms in total. The average Bonchev–Trinajstić information content (AvgIpc) is 2.81. The Morgan fingerprint density at radius 1 is 1.25 bits per heavy atom. The quantitative estimate of drug-likeness (QED) is 0.730. The maximum Gasteiger partial charge on any atom is 0.124 e. The third-order valence-electron chi connectivity index (χ3n) is 3.00. The third kappa shape index (κ3) is 2.28. The molecule has 100 valence electrons. The van der Waals surface area contributed by atoms with E-state index in [0.29, 0.717) is 5.52 Å². The van der Waals surface area contributed by atoms with Crippen molar-refractivity contribution in [1.82, 2.24) is 4.98 Å². The molecule has 0 spiro atoms. The highest BCUT2D eigenvalue weighted by atomic mass is 35.5. The Morgan fingerprint density at radius 3 is 2.60 bits per heavy atom. The van der Waals surface area contributed by atoms with Crippen molar-refractivity contribution in [2.75, 3.05) is 0 Å². The number of rotatable bonds is 2. The van der Waals surface area contributed by atoms with Gasteiger partial charge >= 0.3 is 0 Å². The summed E-state index contributed by atoms with van der Waals surface area (Å²) in [6, 6.07) is 11.1. The van der Waals surface area contributed by atoms with Crippen molar-refractivity contribution in [3.63, 3.8) is 0 Å². The smallest absolute Gasteiger partial charge is 0.124 e. The summed E-state index contributed by atoms with van der Waals surface area (Å²) in [6.45, 7) is 2.02. The molecule has 2 aromatic carbocycles. The van der Waals surface area contributed by atoms with E-state index in [-0.39, 0.29) is 10.6 Å². The maximum absolute atomic E-state index is 11.0. The number of halogens is 1. The fourth-order valence-corrected chi connectivity index (χ4v) is 3.22. The molecule has 0 saturated carbocycles. The van der Waals surface area contributed by atoms with E-state index < -0.39 is 5.97 Å². The van der Waals surface area contributed by atoms with Crippen LogP contribution in [0.25, 0.3) is 20.8 Å².